The lowest BCUT2D eigenvalue weighted by molar-refractivity contribution is -0.122. The normalized spacial score (nSPS) is 16.0. The third kappa shape index (κ3) is 4.41. The molecule has 0 fully saturated rings. The van der Waals surface area contributed by atoms with Crippen LogP contribution in [0, 0.1) is 6.92 Å². The number of fused-ring (bicyclic) bond motifs is 3. The average molecular weight is 473 g/mol. The van der Waals surface area contributed by atoms with Gasteiger partial charge in [0.15, 0.2) is 5.76 Å². The van der Waals surface area contributed by atoms with Crippen LogP contribution in [0.5, 0.6) is 11.5 Å². The molecule has 5 rings (SSSR count). The highest BCUT2D eigenvalue weighted by atomic mass is 16.5. The largest absolute Gasteiger partial charge is 0.502 e. The van der Waals surface area contributed by atoms with Crippen molar-refractivity contribution in [2.45, 2.75) is 44.6 Å². The number of aromatic hydroxyl groups is 1. The molecule has 1 aliphatic rings. The van der Waals surface area contributed by atoms with Crippen LogP contribution in [0.1, 0.15) is 59.6 Å². The van der Waals surface area contributed by atoms with Crippen LogP contribution in [0.3, 0.4) is 0 Å². The molecule has 0 spiro atoms. The van der Waals surface area contributed by atoms with E-state index >= 15 is 0 Å². The Morgan fingerprint density at radius 2 is 2.00 bits per heavy atom. The highest BCUT2D eigenvalue weighted by Crippen LogP contribution is 2.37. The Morgan fingerprint density at radius 1 is 1.23 bits per heavy atom. The van der Waals surface area contributed by atoms with Crippen LogP contribution in [0.2, 0.25) is 0 Å². The molecule has 7 nitrogen and oxygen atoms in total. The molecule has 3 N–H and O–H groups in total. The lowest BCUT2D eigenvalue weighted by atomic mass is 9.89. The van der Waals surface area contributed by atoms with E-state index in [0.29, 0.717) is 11.5 Å². The van der Waals surface area contributed by atoms with Crippen molar-refractivity contribution in [3.8, 4) is 11.5 Å². The van der Waals surface area contributed by atoms with Crippen LogP contribution in [0.15, 0.2) is 63.8 Å². The zero-order valence-corrected chi connectivity index (χ0v) is 19.8. The van der Waals surface area contributed by atoms with E-state index in [-0.39, 0.29) is 24.1 Å². The van der Waals surface area contributed by atoms with E-state index in [9.17, 15) is 14.7 Å². The first-order valence-electron chi connectivity index (χ1n) is 11.8. The van der Waals surface area contributed by atoms with Gasteiger partial charge < -0.3 is 24.6 Å². The van der Waals surface area contributed by atoms with Crippen LogP contribution in [0.4, 0.5) is 0 Å². The van der Waals surface area contributed by atoms with Gasteiger partial charge in [0.05, 0.1) is 19.1 Å². The van der Waals surface area contributed by atoms with Crippen LogP contribution in [-0.4, -0.2) is 23.1 Å². The maximum atomic E-state index is 13.3. The number of H-pyrrole nitrogens is 1. The molecule has 0 radical (unpaired) electrons. The number of carbonyl (C=O) groups is 1. The van der Waals surface area contributed by atoms with Crippen molar-refractivity contribution in [2.24, 2.45) is 0 Å². The Balaban J connectivity index is 1.45. The van der Waals surface area contributed by atoms with Gasteiger partial charge in [0.2, 0.25) is 17.1 Å². The number of methoxy groups -OCH3 is 1. The molecule has 2 aromatic heterocycles. The highest BCUT2D eigenvalue weighted by molar-refractivity contribution is 5.85. The van der Waals surface area contributed by atoms with Crippen LogP contribution in [0.25, 0.3) is 10.9 Å². The third-order valence-corrected chi connectivity index (χ3v) is 6.75. The zero-order valence-electron chi connectivity index (χ0n) is 19.8. The maximum absolute atomic E-state index is 13.3. The molecule has 1 amide bonds. The number of para-hydroxylation sites is 1. The van der Waals surface area contributed by atoms with Gasteiger partial charge in [-0.3, -0.25) is 9.59 Å². The summed E-state index contributed by atoms with van der Waals surface area (Å²) in [7, 11) is 1.58. The van der Waals surface area contributed by atoms with E-state index in [4.69, 9.17) is 9.15 Å². The summed E-state index contributed by atoms with van der Waals surface area (Å²) >= 11 is 0. The molecule has 0 saturated carbocycles. The first kappa shape index (κ1) is 22.8. The number of benzene rings is 2. The van der Waals surface area contributed by atoms with Crippen molar-refractivity contribution < 1.29 is 19.1 Å². The van der Waals surface area contributed by atoms with E-state index in [1.54, 1.807) is 26.2 Å². The summed E-state index contributed by atoms with van der Waals surface area (Å²) < 4.78 is 11.0. The van der Waals surface area contributed by atoms with Gasteiger partial charge >= 0.3 is 0 Å². The summed E-state index contributed by atoms with van der Waals surface area (Å²) in [4.78, 5) is 29.1. The SMILES string of the molecule is COc1ccc(C(CC(=O)NC2CCCc3c2[nH]c2ccccc32)c2oc(C)cc(=O)c2O)cc1. The maximum Gasteiger partial charge on any atom is 0.227 e. The number of carbonyl (C=O) groups excluding carboxylic acids is 1. The number of amides is 1. The average Bonchev–Trinajstić information content (AvgIpc) is 3.25. The Kier molecular flexibility index (Phi) is 6.07. The fourth-order valence-electron chi connectivity index (χ4n) is 5.06. The third-order valence-electron chi connectivity index (χ3n) is 6.75. The minimum Gasteiger partial charge on any atom is -0.502 e. The monoisotopic (exact) mass is 472 g/mol. The minimum absolute atomic E-state index is 0.0122. The molecule has 2 atom stereocenters. The van der Waals surface area contributed by atoms with E-state index in [1.807, 2.05) is 24.3 Å². The lowest BCUT2D eigenvalue weighted by Gasteiger charge is -2.25. The fraction of sp³-hybridized carbons (Fsp3) is 0.286. The number of aryl methyl sites for hydroxylation is 2. The first-order chi connectivity index (χ1) is 16.9. The molecule has 4 aromatic rings. The van der Waals surface area contributed by atoms with Gasteiger partial charge in [-0.05, 0) is 55.5 Å². The van der Waals surface area contributed by atoms with Crippen LogP contribution < -0.4 is 15.5 Å². The minimum atomic E-state index is -0.640. The second kappa shape index (κ2) is 9.33. The van der Waals surface area contributed by atoms with Crippen LogP contribution >= 0.6 is 0 Å². The first-order valence-corrected chi connectivity index (χ1v) is 11.8. The van der Waals surface area contributed by atoms with E-state index in [2.05, 4.69) is 22.4 Å². The topological polar surface area (TPSA) is 105 Å². The van der Waals surface area contributed by atoms with Gasteiger partial charge in [0.1, 0.15) is 11.5 Å². The summed E-state index contributed by atoms with van der Waals surface area (Å²) in [5.74, 6) is -0.174. The molecule has 1 aliphatic carbocycles. The Bertz CT molecular complexity index is 1430. The predicted molar refractivity (Wildman–Crippen MR) is 133 cm³/mol. The second-order valence-electron chi connectivity index (χ2n) is 9.04. The summed E-state index contributed by atoms with van der Waals surface area (Å²) in [6.45, 7) is 1.65. The molecule has 35 heavy (non-hydrogen) atoms. The molecule has 2 aromatic carbocycles. The number of aromatic nitrogens is 1. The van der Waals surface area contributed by atoms with Gasteiger partial charge in [-0.25, -0.2) is 0 Å². The quantitative estimate of drug-likeness (QED) is 0.372. The molecule has 2 unspecified atom stereocenters. The fourth-order valence-corrected chi connectivity index (χ4v) is 5.06. The molecular formula is C28H28N2O5. The molecule has 2 heterocycles. The molecule has 0 saturated heterocycles. The number of rotatable bonds is 6. The Morgan fingerprint density at radius 3 is 2.77 bits per heavy atom. The van der Waals surface area contributed by atoms with Gasteiger partial charge in [0, 0.05) is 29.1 Å². The predicted octanol–water partition coefficient (Wildman–Crippen LogP) is 4.86. The number of aromatic amines is 1. The second-order valence-corrected chi connectivity index (χ2v) is 9.04. The molecule has 7 heteroatoms. The number of ether oxygens (including phenoxy) is 1. The molecular weight excluding hydrogens is 444 g/mol. The highest BCUT2D eigenvalue weighted by Gasteiger charge is 2.29. The Labute approximate surface area is 202 Å². The van der Waals surface area contributed by atoms with E-state index < -0.39 is 17.1 Å². The summed E-state index contributed by atoms with van der Waals surface area (Å²) in [5, 5.41) is 14.9. The van der Waals surface area contributed by atoms with Crippen molar-refractivity contribution in [2.75, 3.05) is 7.11 Å². The van der Waals surface area contributed by atoms with Gasteiger partial charge in [-0.1, -0.05) is 30.3 Å². The van der Waals surface area contributed by atoms with Crippen molar-refractivity contribution in [1.29, 1.82) is 0 Å². The number of nitrogens with one attached hydrogen (secondary N) is 2. The standard InChI is InChI=1S/C28H28N2O5/c1-16-14-24(31)27(33)28(35-16)21(17-10-12-18(34-2)13-11-17)15-25(32)29-23-9-5-7-20-19-6-3-4-8-22(19)30-26(20)23/h3-4,6,8,10-14,21,23,30,33H,5,7,9,15H2,1-2H3,(H,29,32). The van der Waals surface area contributed by atoms with E-state index in [1.165, 1.54) is 17.0 Å². The summed E-state index contributed by atoms with van der Waals surface area (Å²) in [6.07, 6.45) is 2.81. The number of hydrogen-bond donors (Lipinski definition) is 3. The smallest absolute Gasteiger partial charge is 0.227 e. The Hall–Kier alpha value is -4.00. The molecule has 180 valence electrons. The zero-order chi connectivity index (χ0) is 24.5. The van der Waals surface area contributed by atoms with Crippen molar-refractivity contribution in [3.63, 3.8) is 0 Å². The van der Waals surface area contributed by atoms with E-state index in [0.717, 1.165) is 36.0 Å². The summed E-state index contributed by atoms with van der Waals surface area (Å²) in [6, 6.07) is 16.5. The van der Waals surface area contributed by atoms with Crippen molar-refractivity contribution >= 4 is 16.8 Å². The molecule has 0 bridgehead atoms. The van der Waals surface area contributed by atoms with Crippen molar-refractivity contribution in [3.05, 3.63) is 93.2 Å². The van der Waals surface area contributed by atoms with Gasteiger partial charge in [-0.2, -0.15) is 0 Å². The summed E-state index contributed by atoms with van der Waals surface area (Å²) in [5.41, 5.74) is 3.58. The van der Waals surface area contributed by atoms with Crippen LogP contribution in [-0.2, 0) is 11.2 Å². The van der Waals surface area contributed by atoms with Crippen molar-refractivity contribution in [1.82, 2.24) is 10.3 Å². The molecule has 0 aliphatic heterocycles. The van der Waals surface area contributed by atoms with Gasteiger partial charge in [0.25, 0.3) is 0 Å². The lowest BCUT2D eigenvalue weighted by Crippen LogP contribution is -2.32. The van der Waals surface area contributed by atoms with Gasteiger partial charge in [-0.15, -0.1) is 0 Å². The number of hydrogen-bond acceptors (Lipinski definition) is 5.